The summed E-state index contributed by atoms with van der Waals surface area (Å²) in [4.78, 5) is 1.36. The van der Waals surface area contributed by atoms with Crippen LogP contribution in [0.3, 0.4) is 0 Å². The molecular weight excluding hydrogens is 408 g/mol. The lowest BCUT2D eigenvalue weighted by Crippen LogP contribution is -2.18. The molecule has 3 nitrogen and oxygen atoms in total. The van der Waals surface area contributed by atoms with Gasteiger partial charge in [0.15, 0.2) is 17.2 Å². The maximum atomic E-state index is 14.4. The number of nitrogens with one attached hydrogen (secondary N) is 1. The SMILES string of the molecule is Fc1cc(I)ccc1N1CNc2c1c(F)c(F)c1ccoc21. The first-order valence-electron chi connectivity index (χ1n) is 6.42. The van der Waals surface area contributed by atoms with Gasteiger partial charge in [-0.2, -0.15) is 0 Å². The van der Waals surface area contributed by atoms with Crippen LogP contribution in [-0.2, 0) is 0 Å². The molecule has 22 heavy (non-hydrogen) atoms. The number of furan rings is 1. The fourth-order valence-electron chi connectivity index (χ4n) is 2.68. The molecule has 1 aromatic heterocycles. The number of halogens is 4. The number of anilines is 3. The molecule has 0 radical (unpaired) electrons. The van der Waals surface area contributed by atoms with Gasteiger partial charge in [0.05, 0.1) is 24.0 Å². The van der Waals surface area contributed by atoms with Gasteiger partial charge < -0.3 is 14.6 Å². The molecule has 2 aromatic carbocycles. The molecule has 0 fully saturated rings. The quantitative estimate of drug-likeness (QED) is 0.568. The lowest BCUT2D eigenvalue weighted by Gasteiger charge is -2.19. The topological polar surface area (TPSA) is 28.4 Å². The maximum absolute atomic E-state index is 14.4. The molecule has 0 bridgehead atoms. The second kappa shape index (κ2) is 4.80. The molecule has 0 spiro atoms. The van der Waals surface area contributed by atoms with Gasteiger partial charge in [-0.25, -0.2) is 13.2 Å². The standard InChI is InChI=1S/C15H8F3IN2O/c16-9-5-7(19)1-2-10(9)21-6-20-13-14(21)12(18)11(17)8-3-4-22-15(8)13/h1-5,20H,6H2. The average Bonchev–Trinajstić information content (AvgIpc) is 3.11. The van der Waals surface area contributed by atoms with E-state index < -0.39 is 17.5 Å². The van der Waals surface area contributed by atoms with Gasteiger partial charge in [-0.3, -0.25) is 0 Å². The van der Waals surface area contributed by atoms with Crippen molar-refractivity contribution in [3.63, 3.8) is 0 Å². The third-order valence-electron chi connectivity index (χ3n) is 3.65. The molecule has 1 aliphatic heterocycles. The number of hydrogen-bond donors (Lipinski definition) is 1. The zero-order valence-corrected chi connectivity index (χ0v) is 13.1. The molecular formula is C15H8F3IN2O. The maximum Gasteiger partial charge on any atom is 0.185 e. The lowest BCUT2D eigenvalue weighted by molar-refractivity contribution is 0.517. The van der Waals surface area contributed by atoms with Gasteiger partial charge in [-0.15, -0.1) is 0 Å². The minimum atomic E-state index is -1.02. The van der Waals surface area contributed by atoms with Crippen molar-refractivity contribution in [2.75, 3.05) is 16.9 Å². The van der Waals surface area contributed by atoms with Crippen LogP contribution in [0.25, 0.3) is 11.0 Å². The smallest absolute Gasteiger partial charge is 0.185 e. The largest absolute Gasteiger partial charge is 0.462 e. The first-order valence-corrected chi connectivity index (χ1v) is 7.50. The Morgan fingerprint density at radius 1 is 1.14 bits per heavy atom. The monoisotopic (exact) mass is 416 g/mol. The van der Waals surface area contributed by atoms with Crippen molar-refractivity contribution >= 4 is 50.6 Å². The molecule has 112 valence electrons. The van der Waals surface area contributed by atoms with Crippen molar-refractivity contribution < 1.29 is 17.6 Å². The highest BCUT2D eigenvalue weighted by atomic mass is 127. The van der Waals surface area contributed by atoms with E-state index >= 15 is 0 Å². The van der Waals surface area contributed by atoms with Crippen molar-refractivity contribution in [3.8, 4) is 0 Å². The Bertz CT molecular complexity index is 909. The van der Waals surface area contributed by atoms with E-state index in [0.717, 1.165) is 3.57 Å². The minimum absolute atomic E-state index is 0.0416. The Kier molecular flexibility index (Phi) is 3.00. The molecule has 0 saturated carbocycles. The van der Waals surface area contributed by atoms with Crippen LogP contribution in [0.5, 0.6) is 0 Å². The highest BCUT2D eigenvalue weighted by molar-refractivity contribution is 14.1. The van der Waals surface area contributed by atoms with Crippen LogP contribution >= 0.6 is 22.6 Å². The second-order valence-electron chi connectivity index (χ2n) is 4.87. The summed E-state index contributed by atoms with van der Waals surface area (Å²) in [5.74, 6) is -2.52. The van der Waals surface area contributed by atoms with Crippen LogP contribution in [0.2, 0.25) is 0 Å². The van der Waals surface area contributed by atoms with E-state index in [4.69, 9.17) is 4.42 Å². The summed E-state index contributed by atoms with van der Waals surface area (Å²) in [6.07, 6.45) is 1.29. The first-order chi connectivity index (χ1) is 10.6. The molecule has 0 saturated heterocycles. The van der Waals surface area contributed by atoms with Gasteiger partial charge in [0.2, 0.25) is 0 Å². The molecule has 1 aliphatic rings. The minimum Gasteiger partial charge on any atom is -0.462 e. The predicted octanol–water partition coefficient (Wildman–Crippen LogP) is 4.98. The third kappa shape index (κ3) is 1.81. The number of rotatable bonds is 1. The van der Waals surface area contributed by atoms with E-state index in [9.17, 15) is 13.2 Å². The van der Waals surface area contributed by atoms with Gasteiger partial charge in [0, 0.05) is 3.57 Å². The van der Waals surface area contributed by atoms with E-state index in [1.807, 2.05) is 22.6 Å². The molecule has 4 rings (SSSR count). The number of fused-ring (bicyclic) bond motifs is 3. The summed E-state index contributed by atoms with van der Waals surface area (Å²) < 4.78 is 48.7. The van der Waals surface area contributed by atoms with Crippen LogP contribution in [0.4, 0.5) is 30.2 Å². The Labute approximate surface area is 136 Å². The third-order valence-corrected chi connectivity index (χ3v) is 4.32. The molecule has 3 aromatic rings. The van der Waals surface area contributed by atoms with Gasteiger partial charge in [0.25, 0.3) is 0 Å². The van der Waals surface area contributed by atoms with Crippen molar-refractivity contribution in [2.45, 2.75) is 0 Å². The number of nitrogens with zero attached hydrogens (tertiary/aromatic N) is 1. The summed E-state index contributed by atoms with van der Waals surface area (Å²) in [6, 6.07) is 5.95. The molecule has 0 atom stereocenters. The zero-order chi connectivity index (χ0) is 15.4. The van der Waals surface area contributed by atoms with E-state index in [1.54, 1.807) is 6.07 Å². The second-order valence-corrected chi connectivity index (χ2v) is 6.12. The summed E-state index contributed by atoms with van der Waals surface area (Å²) in [6.45, 7) is 0.128. The predicted molar refractivity (Wildman–Crippen MR) is 85.9 cm³/mol. The Balaban J connectivity index is 1.97. The number of hydrogen-bond acceptors (Lipinski definition) is 3. The van der Waals surface area contributed by atoms with Gasteiger partial charge in [0.1, 0.15) is 17.2 Å². The zero-order valence-electron chi connectivity index (χ0n) is 11.0. The Hall–Kier alpha value is -1.90. The molecule has 1 N–H and O–H groups in total. The van der Waals surface area contributed by atoms with Gasteiger partial charge in [-0.1, -0.05) is 0 Å². The first kappa shape index (κ1) is 13.7. The molecule has 7 heteroatoms. The highest BCUT2D eigenvalue weighted by Gasteiger charge is 2.32. The summed E-state index contributed by atoms with van der Waals surface area (Å²) >= 11 is 1.98. The fourth-order valence-corrected chi connectivity index (χ4v) is 3.13. The Morgan fingerprint density at radius 2 is 1.95 bits per heavy atom. The molecule has 0 amide bonds. The van der Waals surface area contributed by atoms with Crippen molar-refractivity contribution in [1.82, 2.24) is 0 Å². The van der Waals surface area contributed by atoms with Crippen LogP contribution in [0.1, 0.15) is 0 Å². The Morgan fingerprint density at radius 3 is 2.73 bits per heavy atom. The fraction of sp³-hybridized carbons (Fsp3) is 0.0667. The van der Waals surface area contributed by atoms with E-state index in [2.05, 4.69) is 5.32 Å². The van der Waals surface area contributed by atoms with Crippen LogP contribution in [0.15, 0.2) is 34.9 Å². The summed E-state index contributed by atoms with van der Waals surface area (Å²) in [5.41, 5.74) is 0.690. The van der Waals surface area contributed by atoms with Crippen LogP contribution < -0.4 is 10.2 Å². The van der Waals surface area contributed by atoms with Crippen LogP contribution in [-0.4, -0.2) is 6.67 Å². The van der Waals surface area contributed by atoms with E-state index in [1.165, 1.54) is 29.4 Å². The van der Waals surface area contributed by atoms with Crippen molar-refractivity contribution in [3.05, 3.63) is 51.6 Å². The highest BCUT2D eigenvalue weighted by Crippen LogP contribution is 2.45. The summed E-state index contributed by atoms with van der Waals surface area (Å²) in [5, 5.41) is 3.01. The van der Waals surface area contributed by atoms with E-state index in [-0.39, 0.29) is 29.0 Å². The average molecular weight is 416 g/mol. The van der Waals surface area contributed by atoms with Gasteiger partial charge >= 0.3 is 0 Å². The lowest BCUT2D eigenvalue weighted by atomic mass is 10.1. The van der Waals surface area contributed by atoms with Crippen molar-refractivity contribution in [2.24, 2.45) is 0 Å². The van der Waals surface area contributed by atoms with Crippen LogP contribution in [0, 0.1) is 21.0 Å². The molecule has 0 aliphatic carbocycles. The molecule has 0 unspecified atom stereocenters. The normalized spacial score (nSPS) is 13.5. The summed E-state index contributed by atoms with van der Waals surface area (Å²) in [7, 11) is 0. The molecule has 2 heterocycles. The number of benzene rings is 2. The van der Waals surface area contributed by atoms with E-state index in [0.29, 0.717) is 5.69 Å². The van der Waals surface area contributed by atoms with Gasteiger partial charge in [-0.05, 0) is 46.9 Å². The van der Waals surface area contributed by atoms with Crippen molar-refractivity contribution in [1.29, 1.82) is 0 Å².